The Morgan fingerprint density at radius 3 is 2.65 bits per heavy atom. The number of piperidine rings is 1. The van der Waals surface area contributed by atoms with Crippen molar-refractivity contribution in [2.45, 2.75) is 37.7 Å². The summed E-state index contributed by atoms with van der Waals surface area (Å²) in [6.07, 6.45) is 3.83. The summed E-state index contributed by atoms with van der Waals surface area (Å²) in [6, 6.07) is 7.08. The molecule has 0 unspecified atom stereocenters. The zero-order chi connectivity index (χ0) is 21.6. The van der Waals surface area contributed by atoms with Gasteiger partial charge in [-0.25, -0.2) is 4.79 Å². The standard InChI is InChI=1S/C21H27N5O4S/c1-29-16-6-4-15(5-7-16)23-18(27)20-25-24-19(31-20)14-8-10-26(11-9-14)21(28)22-13-17-3-2-12-30-17/h4-7,14,17H,2-3,8-13H2,1H3,(H,22,28)(H,23,27)/t17-/m0/s1. The van der Waals surface area contributed by atoms with Crippen molar-refractivity contribution >= 4 is 29.0 Å². The molecule has 0 aliphatic carbocycles. The highest BCUT2D eigenvalue weighted by molar-refractivity contribution is 7.13. The Bertz CT molecular complexity index is 889. The van der Waals surface area contributed by atoms with E-state index >= 15 is 0 Å². The summed E-state index contributed by atoms with van der Waals surface area (Å²) in [7, 11) is 1.60. The SMILES string of the molecule is COc1ccc(NC(=O)c2nnc(C3CCN(C(=O)NC[C@@H]4CCCO4)CC3)s2)cc1. The van der Waals surface area contributed by atoms with Gasteiger partial charge in [0.1, 0.15) is 10.8 Å². The van der Waals surface area contributed by atoms with Gasteiger partial charge in [0, 0.05) is 37.8 Å². The molecule has 31 heavy (non-hydrogen) atoms. The van der Waals surface area contributed by atoms with E-state index in [0.29, 0.717) is 30.3 Å². The lowest BCUT2D eigenvalue weighted by Gasteiger charge is -2.31. The number of benzene rings is 1. The van der Waals surface area contributed by atoms with Crippen LogP contribution in [0.3, 0.4) is 0 Å². The highest BCUT2D eigenvalue weighted by atomic mass is 32.1. The smallest absolute Gasteiger partial charge is 0.317 e. The van der Waals surface area contributed by atoms with Gasteiger partial charge < -0.3 is 25.0 Å². The molecule has 9 nitrogen and oxygen atoms in total. The van der Waals surface area contributed by atoms with Gasteiger partial charge in [-0.3, -0.25) is 4.79 Å². The van der Waals surface area contributed by atoms with E-state index in [1.807, 2.05) is 4.90 Å². The van der Waals surface area contributed by atoms with Crippen molar-refractivity contribution in [1.29, 1.82) is 0 Å². The maximum atomic E-state index is 12.5. The van der Waals surface area contributed by atoms with Crippen molar-refractivity contribution < 1.29 is 19.1 Å². The number of carbonyl (C=O) groups is 2. The van der Waals surface area contributed by atoms with E-state index in [-0.39, 0.29) is 24.0 Å². The van der Waals surface area contributed by atoms with E-state index in [0.717, 1.165) is 43.0 Å². The van der Waals surface area contributed by atoms with Crippen LogP contribution in [0.1, 0.15) is 46.4 Å². The van der Waals surface area contributed by atoms with Crippen LogP contribution in [-0.2, 0) is 4.74 Å². The van der Waals surface area contributed by atoms with Crippen molar-refractivity contribution in [3.05, 3.63) is 34.3 Å². The fraction of sp³-hybridized carbons (Fsp3) is 0.524. The summed E-state index contributed by atoms with van der Waals surface area (Å²) >= 11 is 1.32. The summed E-state index contributed by atoms with van der Waals surface area (Å²) in [5, 5.41) is 15.3. The first kappa shape index (κ1) is 21.5. The Morgan fingerprint density at radius 2 is 1.97 bits per heavy atom. The number of hydrogen-bond donors (Lipinski definition) is 2. The van der Waals surface area contributed by atoms with Gasteiger partial charge >= 0.3 is 6.03 Å². The highest BCUT2D eigenvalue weighted by Crippen LogP contribution is 2.30. The summed E-state index contributed by atoms with van der Waals surface area (Å²) in [5.41, 5.74) is 0.671. The molecule has 1 atom stereocenters. The number of nitrogens with one attached hydrogen (secondary N) is 2. The quantitative estimate of drug-likeness (QED) is 0.708. The van der Waals surface area contributed by atoms with Crippen LogP contribution in [0, 0.1) is 0 Å². The summed E-state index contributed by atoms with van der Waals surface area (Å²) in [4.78, 5) is 26.7. The average molecular weight is 446 g/mol. The van der Waals surface area contributed by atoms with E-state index in [1.165, 1.54) is 11.3 Å². The van der Waals surface area contributed by atoms with Gasteiger partial charge in [-0.1, -0.05) is 11.3 Å². The van der Waals surface area contributed by atoms with Crippen LogP contribution in [0.25, 0.3) is 0 Å². The molecular weight excluding hydrogens is 418 g/mol. The van der Waals surface area contributed by atoms with Crippen LogP contribution >= 0.6 is 11.3 Å². The molecule has 0 spiro atoms. The molecule has 0 radical (unpaired) electrons. The van der Waals surface area contributed by atoms with Gasteiger partial charge in [-0.05, 0) is 49.9 Å². The van der Waals surface area contributed by atoms with Crippen molar-refractivity contribution in [3.8, 4) is 5.75 Å². The number of aromatic nitrogens is 2. The number of hydrogen-bond acceptors (Lipinski definition) is 7. The maximum absolute atomic E-state index is 12.5. The topological polar surface area (TPSA) is 106 Å². The van der Waals surface area contributed by atoms with Crippen molar-refractivity contribution in [3.63, 3.8) is 0 Å². The van der Waals surface area contributed by atoms with Crippen molar-refractivity contribution in [2.75, 3.05) is 38.7 Å². The van der Waals surface area contributed by atoms with Gasteiger partial charge in [0.25, 0.3) is 5.91 Å². The molecule has 1 aromatic heterocycles. The molecule has 10 heteroatoms. The second-order valence-electron chi connectivity index (χ2n) is 7.71. The third-order valence-corrected chi connectivity index (χ3v) is 6.70. The molecule has 2 aliphatic heterocycles. The largest absolute Gasteiger partial charge is 0.497 e. The minimum atomic E-state index is -0.278. The van der Waals surface area contributed by atoms with Crippen LogP contribution in [0.5, 0.6) is 5.75 Å². The normalized spacial score (nSPS) is 19.3. The number of rotatable bonds is 6. The molecule has 2 aliphatic rings. The Hall–Kier alpha value is -2.72. The van der Waals surface area contributed by atoms with Crippen LogP contribution < -0.4 is 15.4 Å². The van der Waals surface area contributed by atoms with Crippen LogP contribution in [-0.4, -0.2) is 66.5 Å². The average Bonchev–Trinajstić information content (AvgIpc) is 3.50. The van der Waals surface area contributed by atoms with E-state index in [2.05, 4.69) is 20.8 Å². The molecule has 2 fully saturated rings. The van der Waals surface area contributed by atoms with Crippen LogP contribution in [0.2, 0.25) is 0 Å². The van der Waals surface area contributed by atoms with Crippen molar-refractivity contribution in [2.24, 2.45) is 0 Å². The molecule has 4 rings (SSSR count). The molecule has 0 bridgehead atoms. The lowest BCUT2D eigenvalue weighted by atomic mass is 9.98. The molecule has 1 aromatic carbocycles. The third kappa shape index (κ3) is 5.50. The van der Waals surface area contributed by atoms with Gasteiger partial charge in [0.15, 0.2) is 0 Å². The Labute approximate surface area is 185 Å². The molecule has 2 saturated heterocycles. The minimum absolute atomic E-state index is 0.0363. The first-order valence-corrected chi connectivity index (χ1v) is 11.4. The van der Waals surface area contributed by atoms with Gasteiger partial charge in [-0.15, -0.1) is 10.2 Å². The number of ether oxygens (including phenoxy) is 2. The number of amides is 3. The second kappa shape index (κ2) is 10.1. The second-order valence-corrected chi connectivity index (χ2v) is 8.72. The molecule has 0 saturated carbocycles. The maximum Gasteiger partial charge on any atom is 0.317 e. The molecule has 2 aromatic rings. The number of carbonyl (C=O) groups excluding carboxylic acids is 2. The van der Waals surface area contributed by atoms with Gasteiger partial charge in [-0.2, -0.15) is 0 Å². The first-order valence-electron chi connectivity index (χ1n) is 10.6. The number of anilines is 1. The van der Waals surface area contributed by atoms with Crippen LogP contribution in [0.4, 0.5) is 10.5 Å². The molecule has 2 N–H and O–H groups in total. The third-order valence-electron chi connectivity index (χ3n) is 5.62. The van der Waals surface area contributed by atoms with E-state index in [9.17, 15) is 9.59 Å². The molecule has 166 valence electrons. The zero-order valence-corrected chi connectivity index (χ0v) is 18.3. The fourth-order valence-corrected chi connectivity index (χ4v) is 4.71. The molecular formula is C21H27N5O4S. The number of urea groups is 1. The van der Waals surface area contributed by atoms with Gasteiger partial charge in [0.05, 0.1) is 13.2 Å². The van der Waals surface area contributed by atoms with E-state index < -0.39 is 0 Å². The Kier molecular flexibility index (Phi) is 6.98. The highest BCUT2D eigenvalue weighted by Gasteiger charge is 2.27. The number of nitrogens with zero attached hydrogens (tertiary/aromatic N) is 3. The number of methoxy groups -OCH3 is 1. The van der Waals surface area contributed by atoms with Gasteiger partial charge in [0.2, 0.25) is 5.01 Å². The fourth-order valence-electron chi connectivity index (χ4n) is 3.80. The summed E-state index contributed by atoms with van der Waals surface area (Å²) in [6.45, 7) is 2.68. The number of likely N-dealkylation sites (tertiary alicyclic amines) is 1. The van der Waals surface area contributed by atoms with E-state index in [4.69, 9.17) is 9.47 Å². The minimum Gasteiger partial charge on any atom is -0.497 e. The molecule has 3 amide bonds. The Balaban J connectivity index is 1.25. The van der Waals surface area contributed by atoms with E-state index in [1.54, 1.807) is 31.4 Å². The lowest BCUT2D eigenvalue weighted by Crippen LogP contribution is -2.46. The van der Waals surface area contributed by atoms with Crippen LogP contribution in [0.15, 0.2) is 24.3 Å². The lowest BCUT2D eigenvalue weighted by molar-refractivity contribution is 0.102. The zero-order valence-electron chi connectivity index (χ0n) is 17.5. The summed E-state index contributed by atoms with van der Waals surface area (Å²) < 4.78 is 10.7. The molecule has 3 heterocycles. The van der Waals surface area contributed by atoms with Crippen molar-refractivity contribution in [1.82, 2.24) is 20.4 Å². The first-order chi connectivity index (χ1) is 15.1. The Morgan fingerprint density at radius 1 is 1.19 bits per heavy atom. The summed E-state index contributed by atoms with van der Waals surface area (Å²) in [5.74, 6) is 0.658. The predicted octanol–water partition coefficient (Wildman–Crippen LogP) is 2.87. The monoisotopic (exact) mass is 445 g/mol. The predicted molar refractivity (Wildman–Crippen MR) is 117 cm³/mol.